The number of hydrogen-bond donors (Lipinski definition) is 2. The van der Waals surface area contributed by atoms with Gasteiger partial charge in [-0.15, -0.1) is 0 Å². The zero-order valence-electron chi connectivity index (χ0n) is 11.0. The van der Waals surface area contributed by atoms with Crippen LogP contribution < -0.4 is 11.1 Å². The zero-order chi connectivity index (χ0) is 15.6. The topological polar surface area (TPSA) is 111 Å². The molecule has 7 nitrogen and oxygen atoms in total. The second kappa shape index (κ2) is 5.88. The van der Waals surface area contributed by atoms with E-state index in [0.717, 1.165) is 10.0 Å². The first-order chi connectivity index (χ1) is 9.88. The number of pyridine rings is 1. The Bertz CT molecular complexity index is 733. The van der Waals surface area contributed by atoms with Crippen molar-refractivity contribution in [2.24, 2.45) is 0 Å². The number of nitro benzene ring substituents is 1. The van der Waals surface area contributed by atoms with Crippen LogP contribution in [0.3, 0.4) is 0 Å². The lowest BCUT2D eigenvalue weighted by Crippen LogP contribution is -2.16. The van der Waals surface area contributed by atoms with Gasteiger partial charge < -0.3 is 11.1 Å². The third kappa shape index (κ3) is 3.34. The van der Waals surface area contributed by atoms with Crippen LogP contribution in [-0.4, -0.2) is 15.8 Å². The first kappa shape index (κ1) is 14.9. The van der Waals surface area contributed by atoms with Crippen LogP contribution in [0.1, 0.15) is 15.9 Å². The van der Waals surface area contributed by atoms with Crippen molar-refractivity contribution < 1.29 is 9.72 Å². The Labute approximate surface area is 128 Å². The van der Waals surface area contributed by atoms with E-state index in [0.29, 0.717) is 5.82 Å². The fraction of sp³-hybridized carbons (Fsp3) is 0.0769. The number of carbonyl (C=O) groups is 1. The molecule has 21 heavy (non-hydrogen) atoms. The highest BCUT2D eigenvalue weighted by Gasteiger charge is 2.21. The third-order valence-corrected chi connectivity index (χ3v) is 3.17. The monoisotopic (exact) mass is 350 g/mol. The van der Waals surface area contributed by atoms with Crippen LogP contribution in [0.25, 0.3) is 0 Å². The molecule has 1 aromatic heterocycles. The largest absolute Gasteiger partial charge is 0.399 e. The van der Waals surface area contributed by atoms with Gasteiger partial charge in [-0.3, -0.25) is 14.9 Å². The van der Waals surface area contributed by atoms with Crippen molar-refractivity contribution >= 4 is 39.0 Å². The Hall–Kier alpha value is -2.48. The highest BCUT2D eigenvalue weighted by atomic mass is 79.9. The number of carbonyl (C=O) groups excluding carboxylic acids is 1. The second-order valence-corrected chi connectivity index (χ2v) is 5.22. The maximum atomic E-state index is 12.2. The van der Waals surface area contributed by atoms with Crippen LogP contribution >= 0.6 is 15.9 Å². The summed E-state index contributed by atoms with van der Waals surface area (Å²) in [6.07, 6.45) is 1.52. The number of anilines is 2. The number of halogens is 1. The molecule has 1 amide bonds. The summed E-state index contributed by atoms with van der Waals surface area (Å²) < 4.78 is 0.771. The van der Waals surface area contributed by atoms with Crippen molar-refractivity contribution in [2.75, 3.05) is 11.1 Å². The second-order valence-electron chi connectivity index (χ2n) is 4.31. The molecule has 2 aromatic rings. The summed E-state index contributed by atoms with van der Waals surface area (Å²) in [7, 11) is 0. The number of aryl methyl sites for hydroxylation is 1. The van der Waals surface area contributed by atoms with Crippen LogP contribution in [-0.2, 0) is 0 Å². The standard InChI is InChI=1S/C13H11BrN4O3/c1-7-4-8(14)6-16-12(7)17-13(19)10-5-9(15)2-3-11(10)18(20)21/h2-6H,15H2,1H3,(H,16,17,19). The smallest absolute Gasteiger partial charge is 0.282 e. The molecule has 3 N–H and O–H groups in total. The average molecular weight is 351 g/mol. The Balaban J connectivity index is 2.36. The molecular formula is C13H11BrN4O3. The molecule has 1 aromatic carbocycles. The van der Waals surface area contributed by atoms with Crippen molar-refractivity contribution in [3.63, 3.8) is 0 Å². The van der Waals surface area contributed by atoms with E-state index in [9.17, 15) is 14.9 Å². The Morgan fingerprint density at radius 1 is 1.43 bits per heavy atom. The van der Waals surface area contributed by atoms with Crippen molar-refractivity contribution in [3.8, 4) is 0 Å². The minimum Gasteiger partial charge on any atom is -0.399 e. The van der Waals surface area contributed by atoms with Crippen LogP contribution in [0.5, 0.6) is 0 Å². The summed E-state index contributed by atoms with van der Waals surface area (Å²) in [5.41, 5.74) is 6.16. The van der Waals surface area contributed by atoms with Gasteiger partial charge in [0.25, 0.3) is 11.6 Å². The SMILES string of the molecule is Cc1cc(Br)cnc1NC(=O)c1cc(N)ccc1[N+](=O)[O-]. The minimum atomic E-state index is -0.632. The van der Waals surface area contributed by atoms with Crippen LogP contribution in [0, 0.1) is 17.0 Å². The van der Waals surface area contributed by atoms with E-state index in [1.165, 1.54) is 24.4 Å². The highest BCUT2D eigenvalue weighted by molar-refractivity contribution is 9.10. The Morgan fingerprint density at radius 3 is 2.76 bits per heavy atom. The van der Waals surface area contributed by atoms with Crippen LogP contribution in [0.15, 0.2) is 34.9 Å². The number of hydrogen-bond acceptors (Lipinski definition) is 5. The van der Waals surface area contributed by atoms with E-state index in [1.54, 1.807) is 13.0 Å². The summed E-state index contributed by atoms with van der Waals surface area (Å²) in [5.74, 6) is -0.299. The summed E-state index contributed by atoms with van der Waals surface area (Å²) >= 11 is 3.27. The number of nitrogen functional groups attached to an aromatic ring is 1. The van der Waals surface area contributed by atoms with E-state index >= 15 is 0 Å². The summed E-state index contributed by atoms with van der Waals surface area (Å²) in [4.78, 5) is 26.6. The Kier molecular flexibility index (Phi) is 4.18. The van der Waals surface area contributed by atoms with Crippen molar-refractivity contribution in [2.45, 2.75) is 6.92 Å². The molecule has 0 atom stereocenters. The first-order valence-corrected chi connectivity index (χ1v) is 6.65. The molecule has 0 aliphatic rings. The van der Waals surface area contributed by atoms with Crippen molar-refractivity contribution in [1.29, 1.82) is 0 Å². The number of nitro groups is 1. The molecule has 0 saturated heterocycles. The molecule has 8 heteroatoms. The molecule has 0 aliphatic carbocycles. The number of nitrogens with zero attached hydrogens (tertiary/aromatic N) is 2. The molecule has 0 spiro atoms. The van der Waals surface area contributed by atoms with Gasteiger partial charge >= 0.3 is 0 Å². The molecule has 0 bridgehead atoms. The van der Waals surface area contributed by atoms with Gasteiger partial charge in [0.15, 0.2) is 0 Å². The number of rotatable bonds is 3. The predicted octanol–water partition coefficient (Wildman–Crippen LogP) is 2.90. The number of amides is 1. The number of nitrogens with one attached hydrogen (secondary N) is 1. The third-order valence-electron chi connectivity index (χ3n) is 2.74. The molecule has 0 unspecified atom stereocenters. The number of nitrogens with two attached hydrogens (primary N) is 1. The molecule has 0 radical (unpaired) electrons. The molecule has 0 aliphatic heterocycles. The number of benzene rings is 1. The van der Waals surface area contributed by atoms with Gasteiger partial charge in [0.05, 0.1) is 4.92 Å². The lowest BCUT2D eigenvalue weighted by molar-refractivity contribution is -0.385. The van der Waals surface area contributed by atoms with E-state index in [4.69, 9.17) is 5.73 Å². The van der Waals surface area contributed by atoms with Crippen LogP contribution in [0.2, 0.25) is 0 Å². The zero-order valence-corrected chi connectivity index (χ0v) is 12.5. The van der Waals surface area contributed by atoms with Crippen molar-refractivity contribution in [3.05, 3.63) is 56.2 Å². The van der Waals surface area contributed by atoms with E-state index in [2.05, 4.69) is 26.2 Å². The maximum Gasteiger partial charge on any atom is 0.282 e. The minimum absolute atomic E-state index is 0.107. The van der Waals surface area contributed by atoms with Crippen molar-refractivity contribution in [1.82, 2.24) is 4.98 Å². The maximum absolute atomic E-state index is 12.2. The summed E-state index contributed by atoms with van der Waals surface area (Å²) in [6, 6.07) is 5.61. The molecule has 0 saturated carbocycles. The average Bonchev–Trinajstić information content (AvgIpc) is 2.41. The first-order valence-electron chi connectivity index (χ1n) is 5.86. The van der Waals surface area contributed by atoms with Gasteiger partial charge in [-0.05, 0) is 46.6 Å². The fourth-order valence-corrected chi connectivity index (χ4v) is 2.19. The van der Waals surface area contributed by atoms with E-state index in [1.807, 2.05) is 0 Å². The molecule has 2 rings (SSSR count). The normalized spacial score (nSPS) is 10.2. The van der Waals surface area contributed by atoms with Gasteiger partial charge in [-0.25, -0.2) is 4.98 Å². The highest BCUT2D eigenvalue weighted by Crippen LogP contribution is 2.23. The number of aromatic nitrogens is 1. The fourth-order valence-electron chi connectivity index (χ4n) is 1.74. The Morgan fingerprint density at radius 2 is 2.14 bits per heavy atom. The molecular weight excluding hydrogens is 340 g/mol. The van der Waals surface area contributed by atoms with Gasteiger partial charge in [0.1, 0.15) is 11.4 Å². The summed E-state index contributed by atoms with van der Waals surface area (Å²) in [5, 5.41) is 13.5. The van der Waals surface area contributed by atoms with Gasteiger partial charge in [-0.1, -0.05) is 0 Å². The van der Waals surface area contributed by atoms with Gasteiger partial charge in [0.2, 0.25) is 0 Å². The van der Waals surface area contributed by atoms with E-state index < -0.39 is 10.8 Å². The lowest BCUT2D eigenvalue weighted by Gasteiger charge is -2.08. The molecule has 1 heterocycles. The van der Waals surface area contributed by atoms with E-state index in [-0.39, 0.29) is 16.9 Å². The quantitative estimate of drug-likeness (QED) is 0.502. The lowest BCUT2D eigenvalue weighted by atomic mass is 10.1. The van der Waals surface area contributed by atoms with Gasteiger partial charge in [0, 0.05) is 22.4 Å². The van der Waals surface area contributed by atoms with Crippen LogP contribution in [0.4, 0.5) is 17.2 Å². The molecule has 0 fully saturated rings. The molecule has 108 valence electrons. The van der Waals surface area contributed by atoms with Gasteiger partial charge in [-0.2, -0.15) is 0 Å². The summed E-state index contributed by atoms with van der Waals surface area (Å²) in [6.45, 7) is 1.77. The predicted molar refractivity (Wildman–Crippen MR) is 82.1 cm³/mol.